The van der Waals surface area contributed by atoms with Crippen molar-refractivity contribution >= 4 is 12.1 Å². The molecule has 5 heteroatoms. The van der Waals surface area contributed by atoms with Crippen molar-refractivity contribution in [1.29, 1.82) is 0 Å². The molecule has 0 atom stereocenters. The summed E-state index contributed by atoms with van der Waals surface area (Å²) in [5, 5.41) is 0.966. The van der Waals surface area contributed by atoms with E-state index in [2.05, 4.69) is 4.74 Å². The van der Waals surface area contributed by atoms with Gasteiger partial charge in [-0.15, -0.1) is 0 Å². The van der Waals surface area contributed by atoms with Gasteiger partial charge in [-0.25, -0.2) is 4.79 Å². The number of rotatable bonds is 3. The van der Waals surface area contributed by atoms with Gasteiger partial charge in [-0.1, -0.05) is 18.2 Å². The van der Waals surface area contributed by atoms with Gasteiger partial charge in [-0.05, 0) is 26.0 Å². The number of ether oxygens (including phenoxy) is 1. The van der Waals surface area contributed by atoms with Crippen LogP contribution in [-0.2, 0) is 9.57 Å². The van der Waals surface area contributed by atoms with Gasteiger partial charge >= 0.3 is 6.16 Å². The average molecular weight is 237 g/mol. The molecule has 92 valence electrons. The van der Waals surface area contributed by atoms with Crippen LogP contribution < -0.4 is 0 Å². The van der Waals surface area contributed by atoms with E-state index in [0.717, 1.165) is 5.06 Å². The minimum atomic E-state index is -0.876. The lowest BCUT2D eigenvalue weighted by Crippen LogP contribution is -2.33. The highest BCUT2D eigenvalue weighted by Gasteiger charge is 2.18. The first-order valence-corrected chi connectivity index (χ1v) is 5.40. The number of benzene rings is 1. The molecule has 17 heavy (non-hydrogen) atoms. The maximum absolute atomic E-state index is 11.9. The summed E-state index contributed by atoms with van der Waals surface area (Å²) in [6.45, 7) is 3.83. The molecule has 0 heterocycles. The summed E-state index contributed by atoms with van der Waals surface area (Å²) in [7, 11) is 0. The van der Waals surface area contributed by atoms with E-state index >= 15 is 0 Å². The molecule has 0 aromatic heterocycles. The number of nitrogens with zero attached hydrogens (tertiary/aromatic N) is 1. The number of carbonyl (C=O) groups is 2. The Morgan fingerprint density at radius 3 is 2.35 bits per heavy atom. The molecule has 0 saturated carbocycles. The van der Waals surface area contributed by atoms with Gasteiger partial charge in [0, 0.05) is 5.56 Å². The zero-order chi connectivity index (χ0) is 12.7. The molecule has 0 aliphatic heterocycles. The van der Waals surface area contributed by atoms with Crippen LogP contribution in [0.1, 0.15) is 24.2 Å². The fraction of sp³-hybridized carbons (Fsp3) is 0.333. The second kappa shape index (κ2) is 6.52. The van der Waals surface area contributed by atoms with Crippen LogP contribution in [0.25, 0.3) is 0 Å². The van der Waals surface area contributed by atoms with Gasteiger partial charge in [0.2, 0.25) is 0 Å². The van der Waals surface area contributed by atoms with Gasteiger partial charge in [0.05, 0.1) is 13.2 Å². The standard InChI is InChI=1S/C12H15NO4/c1-3-13(17-12(15)16-4-2)11(14)10-8-6-5-7-9-10/h5-9H,3-4H2,1-2H3. The lowest BCUT2D eigenvalue weighted by atomic mass is 10.2. The molecule has 0 aliphatic carbocycles. The molecule has 5 nitrogen and oxygen atoms in total. The Bertz CT molecular complexity index is 377. The molecule has 0 unspecified atom stereocenters. The third kappa shape index (κ3) is 3.79. The van der Waals surface area contributed by atoms with Crippen LogP contribution in [0.5, 0.6) is 0 Å². The van der Waals surface area contributed by atoms with Crippen LogP contribution in [0.3, 0.4) is 0 Å². The van der Waals surface area contributed by atoms with Gasteiger partial charge in [0.15, 0.2) is 0 Å². The smallest absolute Gasteiger partial charge is 0.433 e. The number of hydrogen-bond donors (Lipinski definition) is 0. The average Bonchev–Trinajstić information content (AvgIpc) is 2.36. The summed E-state index contributed by atoms with van der Waals surface area (Å²) < 4.78 is 4.61. The van der Waals surface area contributed by atoms with Gasteiger partial charge in [0.25, 0.3) is 5.91 Å². The van der Waals surface area contributed by atoms with E-state index in [-0.39, 0.29) is 19.1 Å². The third-order valence-corrected chi connectivity index (χ3v) is 1.98. The first-order valence-electron chi connectivity index (χ1n) is 5.40. The summed E-state index contributed by atoms with van der Waals surface area (Å²) in [5.41, 5.74) is 0.457. The van der Waals surface area contributed by atoms with Crippen LogP contribution >= 0.6 is 0 Å². The Balaban J connectivity index is 2.68. The van der Waals surface area contributed by atoms with E-state index < -0.39 is 6.16 Å². The third-order valence-electron chi connectivity index (χ3n) is 1.98. The normalized spacial score (nSPS) is 9.53. The van der Waals surface area contributed by atoms with Crippen LogP contribution in [0.2, 0.25) is 0 Å². The van der Waals surface area contributed by atoms with Crippen molar-refractivity contribution < 1.29 is 19.2 Å². The predicted molar refractivity (Wildman–Crippen MR) is 61.3 cm³/mol. The lowest BCUT2D eigenvalue weighted by Gasteiger charge is -2.18. The minimum absolute atomic E-state index is 0.204. The van der Waals surface area contributed by atoms with Gasteiger partial charge in [-0.3, -0.25) is 4.79 Å². The monoisotopic (exact) mass is 237 g/mol. The first-order chi connectivity index (χ1) is 8.19. The van der Waals surface area contributed by atoms with Crippen molar-refractivity contribution in [3.05, 3.63) is 35.9 Å². The van der Waals surface area contributed by atoms with Crippen LogP contribution in [0, 0.1) is 0 Å². The lowest BCUT2D eigenvalue weighted by molar-refractivity contribution is -0.0950. The molecular weight excluding hydrogens is 222 g/mol. The molecule has 0 N–H and O–H groups in total. The summed E-state index contributed by atoms with van der Waals surface area (Å²) in [4.78, 5) is 27.8. The summed E-state index contributed by atoms with van der Waals surface area (Å²) in [6.07, 6.45) is -0.876. The van der Waals surface area contributed by atoms with Crippen LogP contribution in [0.15, 0.2) is 30.3 Å². The van der Waals surface area contributed by atoms with Gasteiger partial charge < -0.3 is 9.57 Å². The molecule has 0 bridgehead atoms. The molecular formula is C12H15NO4. The van der Waals surface area contributed by atoms with Crippen molar-refractivity contribution in [3.63, 3.8) is 0 Å². The van der Waals surface area contributed by atoms with Crippen molar-refractivity contribution in [2.75, 3.05) is 13.2 Å². The zero-order valence-corrected chi connectivity index (χ0v) is 9.88. The van der Waals surface area contributed by atoms with Crippen LogP contribution in [-0.4, -0.2) is 30.3 Å². The molecule has 0 aliphatic rings. The van der Waals surface area contributed by atoms with E-state index in [1.54, 1.807) is 44.2 Å². The van der Waals surface area contributed by atoms with E-state index in [0.29, 0.717) is 5.56 Å². The number of hydrogen-bond acceptors (Lipinski definition) is 4. The van der Waals surface area contributed by atoms with Crippen molar-refractivity contribution in [1.82, 2.24) is 5.06 Å². The Morgan fingerprint density at radius 1 is 1.18 bits per heavy atom. The van der Waals surface area contributed by atoms with Gasteiger partial charge in [-0.2, -0.15) is 5.06 Å². The second-order valence-corrected chi connectivity index (χ2v) is 3.14. The Labute approximate surface area is 99.9 Å². The number of hydroxylamine groups is 2. The van der Waals surface area contributed by atoms with E-state index in [1.807, 2.05) is 0 Å². The van der Waals surface area contributed by atoms with Crippen molar-refractivity contribution in [3.8, 4) is 0 Å². The topological polar surface area (TPSA) is 55.8 Å². The summed E-state index contributed by atoms with van der Waals surface area (Å²) in [6, 6.07) is 8.59. The Hall–Kier alpha value is -2.04. The molecule has 1 amide bonds. The Kier molecular flexibility index (Phi) is 5.00. The number of carbonyl (C=O) groups excluding carboxylic acids is 2. The zero-order valence-electron chi connectivity index (χ0n) is 9.88. The maximum atomic E-state index is 11.9. The maximum Gasteiger partial charge on any atom is 0.533 e. The van der Waals surface area contributed by atoms with Crippen LogP contribution in [0.4, 0.5) is 4.79 Å². The van der Waals surface area contributed by atoms with Gasteiger partial charge in [0.1, 0.15) is 0 Å². The highest BCUT2D eigenvalue weighted by Crippen LogP contribution is 2.05. The molecule has 0 saturated heterocycles. The highest BCUT2D eigenvalue weighted by atomic mass is 16.8. The quantitative estimate of drug-likeness (QED) is 0.597. The van der Waals surface area contributed by atoms with E-state index in [4.69, 9.17) is 4.84 Å². The largest absolute Gasteiger partial charge is 0.533 e. The molecule has 1 aromatic rings. The molecule has 1 aromatic carbocycles. The number of amides is 1. The molecule has 0 spiro atoms. The van der Waals surface area contributed by atoms with E-state index in [9.17, 15) is 9.59 Å². The predicted octanol–water partition coefficient (Wildman–Crippen LogP) is 2.24. The summed E-state index contributed by atoms with van der Waals surface area (Å²) >= 11 is 0. The fourth-order valence-electron chi connectivity index (χ4n) is 1.21. The molecule has 0 fully saturated rings. The van der Waals surface area contributed by atoms with E-state index in [1.165, 1.54) is 0 Å². The SMILES string of the molecule is CCOC(=O)ON(CC)C(=O)c1ccccc1. The Morgan fingerprint density at radius 2 is 1.82 bits per heavy atom. The second-order valence-electron chi connectivity index (χ2n) is 3.14. The minimum Gasteiger partial charge on any atom is -0.433 e. The highest BCUT2D eigenvalue weighted by molar-refractivity contribution is 5.93. The fourth-order valence-corrected chi connectivity index (χ4v) is 1.21. The molecule has 0 radical (unpaired) electrons. The first kappa shape index (κ1) is 13.0. The van der Waals surface area contributed by atoms with Crippen molar-refractivity contribution in [2.45, 2.75) is 13.8 Å². The van der Waals surface area contributed by atoms with Crippen molar-refractivity contribution in [2.24, 2.45) is 0 Å². The summed E-state index contributed by atoms with van der Waals surface area (Å²) in [5.74, 6) is -0.374. The molecule has 1 rings (SSSR count).